The van der Waals surface area contributed by atoms with E-state index in [4.69, 9.17) is 4.74 Å². The highest BCUT2D eigenvalue weighted by Gasteiger charge is 2.27. The van der Waals surface area contributed by atoms with Gasteiger partial charge in [0, 0.05) is 11.5 Å². The highest BCUT2D eigenvalue weighted by Crippen LogP contribution is 2.36. The van der Waals surface area contributed by atoms with Crippen molar-refractivity contribution in [2.75, 3.05) is 5.32 Å². The van der Waals surface area contributed by atoms with Gasteiger partial charge in [-0.25, -0.2) is 9.48 Å². The van der Waals surface area contributed by atoms with Crippen LogP contribution in [0.1, 0.15) is 70.7 Å². The number of aromatic nitrogens is 2. The maximum absolute atomic E-state index is 13.8. The van der Waals surface area contributed by atoms with E-state index in [0.717, 1.165) is 6.20 Å². The fourth-order valence-corrected chi connectivity index (χ4v) is 3.73. The number of benzene rings is 1. The summed E-state index contributed by atoms with van der Waals surface area (Å²) in [6.45, 7) is 4.01. The van der Waals surface area contributed by atoms with E-state index in [-0.39, 0.29) is 28.4 Å². The van der Waals surface area contributed by atoms with Gasteiger partial charge in [-0.2, -0.15) is 19.1 Å². The molecule has 3 rings (SSSR count). The molecule has 2 atom stereocenters. The molecule has 0 unspecified atom stereocenters. The van der Waals surface area contributed by atoms with E-state index in [1.165, 1.54) is 6.07 Å². The SMILES string of the molecule is C[C@@H]1CCC[C@H](NC(=O)OC(C)(C)C)c2ccc(C#N)c(c2)-c2c(cnn2C(F)F)NC1=O. The van der Waals surface area contributed by atoms with E-state index in [1.807, 2.05) is 6.07 Å². The smallest absolute Gasteiger partial charge is 0.408 e. The standard InChI is InChI=1S/C23H27F2N5O3/c1-13-6-5-7-17(29-22(32)33-23(2,3)4)14-8-9-15(11-26)16(10-14)19-18(28-20(13)31)12-27-30(19)21(24)25/h8-10,12-13,17,21H,5-7H2,1-4H3,(H,28,31)(H,29,32)/t13-,17+/m1/s1. The van der Waals surface area contributed by atoms with E-state index in [9.17, 15) is 23.6 Å². The molecule has 1 aliphatic rings. The second-order valence-corrected chi connectivity index (χ2v) is 9.07. The molecule has 2 bridgehead atoms. The van der Waals surface area contributed by atoms with E-state index < -0.39 is 30.2 Å². The molecule has 1 aromatic heterocycles. The predicted molar refractivity (Wildman–Crippen MR) is 117 cm³/mol. The number of carbonyl (C=O) groups is 2. The summed E-state index contributed by atoms with van der Waals surface area (Å²) < 4.78 is 33.4. The summed E-state index contributed by atoms with van der Waals surface area (Å²) in [4.78, 5) is 25.2. The normalized spacial score (nSPS) is 18.9. The Morgan fingerprint density at radius 2 is 2.09 bits per heavy atom. The van der Waals surface area contributed by atoms with Crippen molar-refractivity contribution in [2.24, 2.45) is 5.92 Å². The molecular weight excluding hydrogens is 432 g/mol. The summed E-state index contributed by atoms with van der Waals surface area (Å²) in [6, 6.07) is 6.28. The van der Waals surface area contributed by atoms with Crippen molar-refractivity contribution in [3.8, 4) is 17.3 Å². The average Bonchev–Trinajstić information content (AvgIpc) is 3.14. The van der Waals surface area contributed by atoms with Crippen LogP contribution in [0, 0.1) is 17.2 Å². The summed E-state index contributed by atoms with van der Waals surface area (Å²) in [7, 11) is 0. The van der Waals surface area contributed by atoms with Crippen LogP contribution in [-0.2, 0) is 9.53 Å². The van der Waals surface area contributed by atoms with Gasteiger partial charge in [0.05, 0.1) is 35.3 Å². The third-order valence-corrected chi connectivity index (χ3v) is 5.33. The van der Waals surface area contributed by atoms with Gasteiger partial charge in [0.1, 0.15) is 5.60 Å². The van der Waals surface area contributed by atoms with Crippen LogP contribution in [0.15, 0.2) is 24.4 Å². The number of alkyl halides is 2. The Kier molecular flexibility index (Phi) is 7.01. The summed E-state index contributed by atoms with van der Waals surface area (Å²) in [5, 5.41) is 18.9. The monoisotopic (exact) mass is 459 g/mol. The molecule has 0 spiro atoms. The van der Waals surface area contributed by atoms with Crippen LogP contribution in [-0.4, -0.2) is 27.4 Å². The van der Waals surface area contributed by atoms with Gasteiger partial charge in [-0.05, 0) is 51.3 Å². The van der Waals surface area contributed by atoms with Crippen molar-refractivity contribution in [3.05, 3.63) is 35.5 Å². The zero-order valence-electron chi connectivity index (χ0n) is 19.0. The molecule has 33 heavy (non-hydrogen) atoms. The number of nitrogens with zero attached hydrogens (tertiary/aromatic N) is 3. The number of fused-ring (bicyclic) bond motifs is 4. The third kappa shape index (κ3) is 5.66. The van der Waals surface area contributed by atoms with Crippen LogP contribution in [0.3, 0.4) is 0 Å². The number of anilines is 1. The quantitative estimate of drug-likeness (QED) is 0.646. The molecular formula is C23H27F2N5O3. The largest absolute Gasteiger partial charge is 0.444 e. The Morgan fingerprint density at radius 1 is 1.36 bits per heavy atom. The van der Waals surface area contributed by atoms with Gasteiger partial charge in [-0.1, -0.05) is 19.4 Å². The second-order valence-electron chi connectivity index (χ2n) is 9.07. The minimum Gasteiger partial charge on any atom is -0.444 e. The second kappa shape index (κ2) is 9.57. The van der Waals surface area contributed by atoms with Gasteiger partial charge < -0.3 is 15.4 Å². The molecule has 0 saturated heterocycles. The van der Waals surface area contributed by atoms with Crippen molar-refractivity contribution in [2.45, 2.75) is 65.1 Å². The number of nitriles is 1. The Balaban J connectivity index is 2.14. The fourth-order valence-electron chi connectivity index (χ4n) is 3.73. The van der Waals surface area contributed by atoms with Gasteiger partial charge in [-0.15, -0.1) is 0 Å². The fraction of sp³-hybridized carbons (Fsp3) is 0.478. The number of amides is 2. The van der Waals surface area contributed by atoms with E-state index >= 15 is 0 Å². The lowest BCUT2D eigenvalue weighted by Crippen LogP contribution is -2.35. The third-order valence-electron chi connectivity index (χ3n) is 5.33. The van der Waals surface area contributed by atoms with Crippen molar-refractivity contribution in [3.63, 3.8) is 0 Å². The zero-order chi connectivity index (χ0) is 24.3. The number of hydrogen-bond donors (Lipinski definition) is 2. The van der Waals surface area contributed by atoms with Crippen molar-refractivity contribution in [1.82, 2.24) is 15.1 Å². The number of hydrogen-bond acceptors (Lipinski definition) is 5. The first-order valence-electron chi connectivity index (χ1n) is 10.7. The van der Waals surface area contributed by atoms with E-state index in [0.29, 0.717) is 29.5 Å². The zero-order valence-corrected chi connectivity index (χ0v) is 19.0. The molecule has 10 heteroatoms. The van der Waals surface area contributed by atoms with Gasteiger partial charge in [0.2, 0.25) is 5.91 Å². The number of nitrogens with one attached hydrogen (secondary N) is 2. The lowest BCUT2D eigenvalue weighted by Gasteiger charge is -2.25. The van der Waals surface area contributed by atoms with Gasteiger partial charge >= 0.3 is 12.6 Å². The number of halogens is 2. The minimum atomic E-state index is -2.98. The van der Waals surface area contributed by atoms with Crippen LogP contribution in [0.4, 0.5) is 19.3 Å². The molecule has 2 aromatic rings. The maximum Gasteiger partial charge on any atom is 0.408 e. The van der Waals surface area contributed by atoms with E-state index in [2.05, 4.69) is 15.7 Å². The predicted octanol–water partition coefficient (Wildman–Crippen LogP) is 5.14. The van der Waals surface area contributed by atoms with Crippen LogP contribution < -0.4 is 10.6 Å². The lowest BCUT2D eigenvalue weighted by atomic mass is 9.92. The number of rotatable bonds is 2. The Bertz CT molecular complexity index is 1080. The van der Waals surface area contributed by atoms with Crippen LogP contribution in [0.5, 0.6) is 0 Å². The van der Waals surface area contributed by atoms with Crippen molar-refractivity contribution >= 4 is 17.7 Å². The number of alkyl carbamates (subject to hydrolysis) is 1. The lowest BCUT2D eigenvalue weighted by molar-refractivity contribution is -0.119. The van der Waals surface area contributed by atoms with Crippen molar-refractivity contribution < 1.29 is 23.1 Å². The minimum absolute atomic E-state index is 0.0689. The Hall–Kier alpha value is -3.48. The van der Waals surface area contributed by atoms with Crippen LogP contribution in [0.2, 0.25) is 0 Å². The molecule has 2 N–H and O–H groups in total. The van der Waals surface area contributed by atoms with Gasteiger partial charge in [-0.3, -0.25) is 4.79 Å². The first-order chi connectivity index (χ1) is 15.5. The topological polar surface area (TPSA) is 109 Å². The number of carbonyl (C=O) groups excluding carboxylic acids is 2. The molecule has 0 aliphatic carbocycles. The maximum atomic E-state index is 13.8. The molecule has 2 amide bonds. The van der Waals surface area contributed by atoms with Crippen LogP contribution >= 0.6 is 0 Å². The van der Waals surface area contributed by atoms with Crippen molar-refractivity contribution in [1.29, 1.82) is 5.26 Å². The summed E-state index contributed by atoms with van der Waals surface area (Å²) in [5.74, 6) is -0.736. The molecule has 0 fully saturated rings. The molecule has 0 saturated carbocycles. The highest BCUT2D eigenvalue weighted by molar-refractivity contribution is 5.96. The first-order valence-corrected chi connectivity index (χ1v) is 10.7. The Morgan fingerprint density at radius 3 is 2.73 bits per heavy atom. The molecule has 176 valence electrons. The van der Waals surface area contributed by atoms with Gasteiger partial charge in [0.15, 0.2) is 0 Å². The Labute approximate surface area is 190 Å². The molecule has 8 nitrogen and oxygen atoms in total. The summed E-state index contributed by atoms with van der Waals surface area (Å²) in [5.41, 5.74) is 0.280. The average molecular weight is 459 g/mol. The molecule has 0 radical (unpaired) electrons. The molecule has 1 aromatic carbocycles. The van der Waals surface area contributed by atoms with Crippen LogP contribution in [0.25, 0.3) is 11.3 Å². The highest BCUT2D eigenvalue weighted by atomic mass is 19.3. The molecule has 1 aliphatic heterocycles. The summed E-state index contributed by atoms with van der Waals surface area (Å²) >= 11 is 0. The van der Waals surface area contributed by atoms with Gasteiger partial charge in [0.25, 0.3) is 0 Å². The number of ether oxygens (including phenoxy) is 1. The molecule has 2 heterocycles. The first kappa shape index (κ1) is 24.2. The van der Waals surface area contributed by atoms with E-state index in [1.54, 1.807) is 39.8 Å². The summed E-state index contributed by atoms with van der Waals surface area (Å²) in [6.07, 6.45) is 2.17.